The minimum absolute atomic E-state index is 0.120. The van der Waals surface area contributed by atoms with Crippen molar-refractivity contribution in [3.63, 3.8) is 0 Å². The summed E-state index contributed by atoms with van der Waals surface area (Å²) in [6.07, 6.45) is 0. The topological polar surface area (TPSA) is 105 Å². The zero-order valence-electron chi connectivity index (χ0n) is 15.1. The Morgan fingerprint density at radius 3 is 2.59 bits per heavy atom. The van der Waals surface area contributed by atoms with Crippen LogP contribution in [0, 0.1) is 5.82 Å². The van der Waals surface area contributed by atoms with Crippen molar-refractivity contribution in [2.75, 3.05) is 28.8 Å². The Hall–Kier alpha value is -3.18. The lowest BCUT2D eigenvalue weighted by molar-refractivity contribution is -0.113. The van der Waals surface area contributed by atoms with Crippen LogP contribution in [-0.4, -0.2) is 35.0 Å². The lowest BCUT2D eigenvalue weighted by atomic mass is 10.3. The summed E-state index contributed by atoms with van der Waals surface area (Å²) in [4.78, 5) is 24.1. The third-order valence-corrected chi connectivity index (χ3v) is 5.41. The number of methoxy groups -OCH3 is 1. The number of benzene rings is 2. The highest BCUT2D eigenvalue weighted by Crippen LogP contribution is 2.27. The van der Waals surface area contributed by atoms with Gasteiger partial charge in [0.2, 0.25) is 11.0 Å². The van der Waals surface area contributed by atoms with E-state index < -0.39 is 11.8 Å². The molecule has 0 saturated heterocycles. The van der Waals surface area contributed by atoms with E-state index in [0.29, 0.717) is 21.5 Å². The fourth-order valence-corrected chi connectivity index (χ4v) is 3.72. The smallest absolute Gasteiger partial charge is 0.325 e. The van der Waals surface area contributed by atoms with Crippen LogP contribution in [0.5, 0.6) is 5.75 Å². The summed E-state index contributed by atoms with van der Waals surface area (Å²) in [6, 6.07) is 11.9. The maximum Gasteiger partial charge on any atom is 0.325 e. The van der Waals surface area contributed by atoms with Gasteiger partial charge in [-0.1, -0.05) is 35.2 Å². The number of ether oxygens (including phenoxy) is 1. The number of anilines is 3. The van der Waals surface area contributed by atoms with Gasteiger partial charge >= 0.3 is 6.03 Å². The van der Waals surface area contributed by atoms with Crippen LogP contribution in [0.15, 0.2) is 52.9 Å². The Morgan fingerprint density at radius 2 is 1.83 bits per heavy atom. The summed E-state index contributed by atoms with van der Waals surface area (Å²) in [6.45, 7) is 0. The molecule has 0 unspecified atom stereocenters. The quantitative estimate of drug-likeness (QED) is 0.383. The highest BCUT2D eigenvalue weighted by molar-refractivity contribution is 8.01. The van der Waals surface area contributed by atoms with Crippen molar-refractivity contribution < 1.29 is 18.7 Å². The molecule has 3 aromatic rings. The fraction of sp³-hybridized carbons (Fsp3) is 0.111. The number of rotatable bonds is 7. The Balaban J connectivity index is 1.47. The van der Waals surface area contributed by atoms with Gasteiger partial charge in [0.05, 0.1) is 18.6 Å². The molecule has 0 spiro atoms. The van der Waals surface area contributed by atoms with Crippen LogP contribution in [0.2, 0.25) is 0 Å². The first-order chi connectivity index (χ1) is 14.0. The molecule has 0 saturated carbocycles. The second-order valence-corrected chi connectivity index (χ2v) is 7.70. The second kappa shape index (κ2) is 9.85. The Morgan fingerprint density at radius 1 is 1.07 bits per heavy atom. The summed E-state index contributed by atoms with van der Waals surface area (Å²) in [5.41, 5.74) is 1.02. The van der Waals surface area contributed by atoms with Crippen LogP contribution in [0.25, 0.3) is 0 Å². The van der Waals surface area contributed by atoms with Gasteiger partial charge in [-0.2, -0.15) is 0 Å². The monoisotopic (exact) mass is 433 g/mol. The number of amides is 3. The average molecular weight is 433 g/mol. The molecule has 3 amide bonds. The van der Waals surface area contributed by atoms with Gasteiger partial charge in [-0.3, -0.25) is 10.1 Å². The van der Waals surface area contributed by atoms with Gasteiger partial charge in [0, 0.05) is 5.69 Å². The molecule has 3 rings (SSSR count). The van der Waals surface area contributed by atoms with Gasteiger partial charge in [0.1, 0.15) is 11.6 Å². The highest BCUT2D eigenvalue weighted by Gasteiger charge is 2.12. The highest BCUT2D eigenvalue weighted by atomic mass is 32.2. The summed E-state index contributed by atoms with van der Waals surface area (Å²) in [7, 11) is 1.53. The van der Waals surface area contributed by atoms with Gasteiger partial charge in [0.25, 0.3) is 0 Å². The van der Waals surface area contributed by atoms with E-state index in [1.54, 1.807) is 18.2 Å². The minimum atomic E-state index is -0.529. The zero-order chi connectivity index (χ0) is 20.6. The van der Waals surface area contributed by atoms with Crippen LogP contribution in [-0.2, 0) is 4.79 Å². The molecule has 11 heteroatoms. The van der Waals surface area contributed by atoms with Crippen LogP contribution >= 0.6 is 23.1 Å². The van der Waals surface area contributed by atoms with E-state index >= 15 is 0 Å². The number of carbonyl (C=O) groups is 2. The molecule has 0 aliphatic heterocycles. The van der Waals surface area contributed by atoms with Crippen LogP contribution < -0.4 is 20.7 Å². The summed E-state index contributed by atoms with van der Waals surface area (Å²) in [5, 5.41) is 15.9. The van der Waals surface area contributed by atoms with E-state index in [0.717, 1.165) is 11.3 Å². The SMILES string of the molecule is COc1ccccc1NC(=O)CSc1nnc(NC(=O)Nc2ccc(F)cc2)s1. The van der Waals surface area contributed by atoms with E-state index in [9.17, 15) is 14.0 Å². The van der Waals surface area contributed by atoms with Gasteiger partial charge in [-0.25, -0.2) is 9.18 Å². The molecule has 3 N–H and O–H groups in total. The standard InChI is InChI=1S/C18H16FN5O3S2/c1-27-14-5-3-2-4-13(14)21-15(25)10-28-18-24-23-17(29-18)22-16(26)20-12-8-6-11(19)7-9-12/h2-9H,10H2,1H3,(H,21,25)(H2,20,22,23,26). The van der Waals surface area contributed by atoms with Gasteiger partial charge < -0.3 is 15.4 Å². The van der Waals surface area contributed by atoms with E-state index in [1.165, 1.54) is 43.1 Å². The van der Waals surface area contributed by atoms with Gasteiger partial charge in [0.15, 0.2) is 4.34 Å². The molecule has 1 aromatic heterocycles. The van der Waals surface area contributed by atoms with Crippen molar-refractivity contribution in [3.8, 4) is 5.75 Å². The van der Waals surface area contributed by atoms with Crippen molar-refractivity contribution in [2.45, 2.75) is 4.34 Å². The lowest BCUT2D eigenvalue weighted by Gasteiger charge is -2.08. The number of nitrogens with one attached hydrogen (secondary N) is 3. The number of carbonyl (C=O) groups excluding carboxylic acids is 2. The van der Waals surface area contributed by atoms with Crippen LogP contribution in [0.1, 0.15) is 0 Å². The number of nitrogens with zero attached hydrogens (tertiary/aromatic N) is 2. The predicted molar refractivity (Wildman–Crippen MR) is 111 cm³/mol. The van der Waals surface area contributed by atoms with Crippen LogP contribution in [0.4, 0.5) is 25.7 Å². The third-order valence-electron chi connectivity index (χ3n) is 3.44. The number of aromatic nitrogens is 2. The molecular weight excluding hydrogens is 417 g/mol. The Kier molecular flexibility index (Phi) is 6.98. The molecule has 1 heterocycles. The first-order valence-electron chi connectivity index (χ1n) is 8.26. The normalized spacial score (nSPS) is 10.3. The van der Waals surface area contributed by atoms with Crippen molar-refractivity contribution in [1.29, 1.82) is 0 Å². The summed E-state index contributed by atoms with van der Waals surface area (Å²) < 4.78 is 18.6. The fourth-order valence-electron chi connectivity index (χ4n) is 2.17. The molecule has 150 valence electrons. The average Bonchev–Trinajstić information content (AvgIpc) is 3.16. The number of urea groups is 1. The molecule has 29 heavy (non-hydrogen) atoms. The molecular formula is C18H16FN5O3S2. The number of hydrogen-bond donors (Lipinski definition) is 3. The molecule has 0 aliphatic carbocycles. The first-order valence-corrected chi connectivity index (χ1v) is 10.1. The molecule has 2 aromatic carbocycles. The van der Waals surface area contributed by atoms with Crippen molar-refractivity contribution in [3.05, 3.63) is 54.3 Å². The lowest BCUT2D eigenvalue weighted by Crippen LogP contribution is -2.19. The molecule has 0 bridgehead atoms. The maximum absolute atomic E-state index is 12.9. The first kappa shape index (κ1) is 20.6. The van der Waals surface area contributed by atoms with Crippen molar-refractivity contribution in [1.82, 2.24) is 10.2 Å². The van der Waals surface area contributed by atoms with Crippen molar-refractivity contribution in [2.24, 2.45) is 0 Å². The molecule has 8 nitrogen and oxygen atoms in total. The second-order valence-electron chi connectivity index (χ2n) is 5.50. The van der Waals surface area contributed by atoms with Crippen LogP contribution in [0.3, 0.4) is 0 Å². The predicted octanol–water partition coefficient (Wildman–Crippen LogP) is 4.06. The summed E-state index contributed by atoms with van der Waals surface area (Å²) >= 11 is 2.33. The van der Waals surface area contributed by atoms with E-state index in [-0.39, 0.29) is 16.8 Å². The third kappa shape index (κ3) is 6.16. The number of para-hydroxylation sites is 2. The largest absolute Gasteiger partial charge is 0.495 e. The van der Waals surface area contributed by atoms with Crippen molar-refractivity contribution >= 4 is 51.5 Å². The van der Waals surface area contributed by atoms with Gasteiger partial charge in [-0.15, -0.1) is 10.2 Å². The summed E-state index contributed by atoms with van der Waals surface area (Å²) in [5.74, 6) is 0.0734. The zero-order valence-corrected chi connectivity index (χ0v) is 16.8. The van der Waals surface area contributed by atoms with E-state index in [4.69, 9.17) is 4.74 Å². The van der Waals surface area contributed by atoms with E-state index in [2.05, 4.69) is 26.1 Å². The Labute approximate surface area is 173 Å². The number of thioether (sulfide) groups is 1. The molecule has 0 fully saturated rings. The molecule has 0 aliphatic rings. The Bertz CT molecular complexity index is 997. The number of halogens is 1. The van der Waals surface area contributed by atoms with Gasteiger partial charge in [-0.05, 0) is 36.4 Å². The molecule has 0 atom stereocenters. The van der Waals surface area contributed by atoms with E-state index in [1.807, 2.05) is 6.07 Å². The minimum Gasteiger partial charge on any atom is -0.495 e. The maximum atomic E-state index is 12.9. The number of hydrogen-bond acceptors (Lipinski definition) is 7. The molecule has 0 radical (unpaired) electrons.